The van der Waals surface area contributed by atoms with Crippen LogP contribution in [0.2, 0.25) is 0 Å². The van der Waals surface area contributed by atoms with Gasteiger partial charge in [-0.25, -0.2) is 0 Å². The first-order valence-corrected chi connectivity index (χ1v) is 9.77. The molecule has 0 N–H and O–H groups in total. The first-order chi connectivity index (χ1) is 11.2. The van der Waals surface area contributed by atoms with E-state index in [1.165, 1.54) is 6.42 Å². The molecule has 0 bridgehead atoms. The molecule has 0 spiro atoms. The van der Waals surface area contributed by atoms with Gasteiger partial charge >= 0.3 is 0 Å². The summed E-state index contributed by atoms with van der Waals surface area (Å²) in [6.45, 7) is 2.51. The first kappa shape index (κ1) is 16.4. The molecule has 0 aliphatic carbocycles. The van der Waals surface area contributed by atoms with Gasteiger partial charge in [0.25, 0.3) is 5.91 Å². The van der Waals surface area contributed by atoms with Gasteiger partial charge < -0.3 is 9.80 Å². The molecule has 2 aliphatic rings. The van der Waals surface area contributed by atoms with E-state index in [1.807, 2.05) is 45.8 Å². The maximum atomic E-state index is 12.7. The van der Waals surface area contributed by atoms with Crippen LogP contribution < -0.4 is 4.90 Å². The molecular formula is C18H24N2O2S. The molecule has 2 amide bonds. The maximum Gasteiger partial charge on any atom is 0.253 e. The van der Waals surface area contributed by atoms with Crippen molar-refractivity contribution in [2.24, 2.45) is 5.92 Å². The number of hydrogen-bond donors (Lipinski definition) is 0. The van der Waals surface area contributed by atoms with Gasteiger partial charge in [0.05, 0.1) is 0 Å². The average Bonchev–Trinajstić information content (AvgIpc) is 3.01. The van der Waals surface area contributed by atoms with Crippen LogP contribution in [-0.4, -0.2) is 48.4 Å². The Morgan fingerprint density at radius 3 is 2.65 bits per heavy atom. The third-order valence-corrected chi connectivity index (χ3v) is 5.51. The fourth-order valence-electron chi connectivity index (χ4n) is 3.51. The Hall–Kier alpha value is -1.49. The second kappa shape index (κ2) is 7.39. The number of thioether (sulfide) groups is 1. The summed E-state index contributed by atoms with van der Waals surface area (Å²) >= 11 is 1.86. The summed E-state index contributed by atoms with van der Waals surface area (Å²) < 4.78 is 0. The molecule has 1 aromatic rings. The van der Waals surface area contributed by atoms with Crippen LogP contribution in [0, 0.1) is 5.92 Å². The highest BCUT2D eigenvalue weighted by Gasteiger charge is 2.25. The van der Waals surface area contributed by atoms with E-state index in [0.717, 1.165) is 49.5 Å². The lowest BCUT2D eigenvalue weighted by atomic mass is 9.99. The maximum absolute atomic E-state index is 12.7. The van der Waals surface area contributed by atoms with Crippen LogP contribution in [-0.2, 0) is 4.79 Å². The number of nitrogens with zero attached hydrogens (tertiary/aromatic N) is 2. The van der Waals surface area contributed by atoms with Crippen LogP contribution in [0.3, 0.4) is 0 Å². The van der Waals surface area contributed by atoms with Gasteiger partial charge in [-0.1, -0.05) is 0 Å². The van der Waals surface area contributed by atoms with Crippen LogP contribution in [0.5, 0.6) is 0 Å². The van der Waals surface area contributed by atoms with Gasteiger partial charge in [-0.3, -0.25) is 9.59 Å². The van der Waals surface area contributed by atoms with E-state index in [1.54, 1.807) is 0 Å². The van der Waals surface area contributed by atoms with Gasteiger partial charge in [0.2, 0.25) is 5.91 Å². The second-order valence-electron chi connectivity index (χ2n) is 6.41. The molecule has 4 nitrogen and oxygen atoms in total. The van der Waals surface area contributed by atoms with Crippen molar-refractivity contribution >= 4 is 29.3 Å². The zero-order valence-electron chi connectivity index (χ0n) is 13.7. The number of piperidine rings is 1. The normalized spacial score (nSPS) is 21.8. The van der Waals surface area contributed by atoms with E-state index in [2.05, 4.69) is 6.26 Å². The number of rotatable bonds is 4. The zero-order chi connectivity index (χ0) is 16.2. The molecule has 124 valence electrons. The van der Waals surface area contributed by atoms with Crippen LogP contribution >= 0.6 is 11.8 Å². The standard InChI is InChI=1S/C18H24N2O2S/c1-23-13-14-4-2-10-19(12-14)18(22)15-6-8-16(9-7-15)20-11-3-5-17(20)21/h6-9,14H,2-5,10-13H2,1H3. The summed E-state index contributed by atoms with van der Waals surface area (Å²) in [5.74, 6) is 2.04. The summed E-state index contributed by atoms with van der Waals surface area (Å²) in [6.07, 6.45) is 5.99. The van der Waals surface area contributed by atoms with E-state index in [-0.39, 0.29) is 11.8 Å². The van der Waals surface area contributed by atoms with Crippen LogP contribution in [0.4, 0.5) is 5.69 Å². The number of benzene rings is 1. The van der Waals surface area contributed by atoms with Crippen molar-refractivity contribution in [1.29, 1.82) is 0 Å². The predicted octanol–water partition coefficient (Wildman–Crippen LogP) is 3.03. The molecule has 1 atom stereocenters. The van der Waals surface area contributed by atoms with Crippen LogP contribution in [0.25, 0.3) is 0 Å². The Morgan fingerprint density at radius 1 is 1.22 bits per heavy atom. The predicted molar refractivity (Wildman–Crippen MR) is 95.0 cm³/mol. The number of carbonyl (C=O) groups is 2. The molecule has 2 saturated heterocycles. The number of amides is 2. The molecule has 0 aromatic heterocycles. The third kappa shape index (κ3) is 3.71. The highest BCUT2D eigenvalue weighted by molar-refractivity contribution is 7.98. The first-order valence-electron chi connectivity index (χ1n) is 8.37. The molecule has 0 radical (unpaired) electrons. The van der Waals surface area contributed by atoms with Gasteiger partial charge in [0.1, 0.15) is 0 Å². The van der Waals surface area contributed by atoms with Crippen molar-refractivity contribution < 1.29 is 9.59 Å². The van der Waals surface area contributed by atoms with E-state index < -0.39 is 0 Å². The molecular weight excluding hydrogens is 308 g/mol. The molecule has 2 heterocycles. The van der Waals surface area contributed by atoms with Crippen molar-refractivity contribution in [3.05, 3.63) is 29.8 Å². The molecule has 3 rings (SSSR count). The van der Waals surface area contributed by atoms with Gasteiger partial charge in [0, 0.05) is 37.3 Å². The topological polar surface area (TPSA) is 40.6 Å². The summed E-state index contributed by atoms with van der Waals surface area (Å²) in [5.41, 5.74) is 1.63. The largest absolute Gasteiger partial charge is 0.338 e. The Bertz CT molecular complexity index is 571. The number of carbonyl (C=O) groups excluding carboxylic acids is 2. The highest BCUT2D eigenvalue weighted by atomic mass is 32.2. The number of hydrogen-bond acceptors (Lipinski definition) is 3. The van der Waals surface area contributed by atoms with Gasteiger partial charge in [-0.2, -0.15) is 11.8 Å². The molecule has 2 aliphatic heterocycles. The highest BCUT2D eigenvalue weighted by Crippen LogP contribution is 2.24. The van der Waals surface area contributed by atoms with Crippen LogP contribution in [0.15, 0.2) is 24.3 Å². The van der Waals surface area contributed by atoms with E-state index in [9.17, 15) is 9.59 Å². The number of anilines is 1. The lowest BCUT2D eigenvalue weighted by molar-refractivity contribution is -0.117. The summed E-state index contributed by atoms with van der Waals surface area (Å²) in [7, 11) is 0. The fraction of sp³-hybridized carbons (Fsp3) is 0.556. The fourth-order valence-corrected chi connectivity index (χ4v) is 4.25. The minimum atomic E-state index is 0.120. The lowest BCUT2D eigenvalue weighted by Crippen LogP contribution is -2.40. The van der Waals surface area contributed by atoms with Crippen LogP contribution in [0.1, 0.15) is 36.0 Å². The zero-order valence-corrected chi connectivity index (χ0v) is 14.5. The van der Waals surface area contributed by atoms with Crippen molar-refractivity contribution in [2.45, 2.75) is 25.7 Å². The monoisotopic (exact) mass is 332 g/mol. The minimum absolute atomic E-state index is 0.120. The minimum Gasteiger partial charge on any atom is -0.338 e. The lowest BCUT2D eigenvalue weighted by Gasteiger charge is -2.32. The van der Waals surface area contributed by atoms with Crippen molar-refractivity contribution in [3.8, 4) is 0 Å². The van der Waals surface area contributed by atoms with Gasteiger partial charge in [-0.15, -0.1) is 0 Å². The quantitative estimate of drug-likeness (QED) is 0.851. The number of likely N-dealkylation sites (tertiary alicyclic amines) is 1. The smallest absolute Gasteiger partial charge is 0.253 e. The Labute approximate surface area is 142 Å². The van der Waals surface area contributed by atoms with Gasteiger partial charge in [-0.05, 0) is 61.5 Å². The van der Waals surface area contributed by atoms with E-state index >= 15 is 0 Å². The summed E-state index contributed by atoms with van der Waals surface area (Å²) in [6, 6.07) is 7.53. The Morgan fingerprint density at radius 2 is 2.00 bits per heavy atom. The summed E-state index contributed by atoms with van der Waals surface area (Å²) in [5, 5.41) is 0. The second-order valence-corrected chi connectivity index (χ2v) is 7.32. The van der Waals surface area contributed by atoms with E-state index in [4.69, 9.17) is 0 Å². The summed E-state index contributed by atoms with van der Waals surface area (Å²) in [4.78, 5) is 28.3. The van der Waals surface area contributed by atoms with E-state index in [0.29, 0.717) is 12.3 Å². The van der Waals surface area contributed by atoms with Gasteiger partial charge in [0.15, 0.2) is 0 Å². The Balaban J connectivity index is 1.66. The molecule has 1 aromatic carbocycles. The Kier molecular flexibility index (Phi) is 5.26. The third-order valence-electron chi connectivity index (χ3n) is 4.71. The van der Waals surface area contributed by atoms with Crippen molar-refractivity contribution in [3.63, 3.8) is 0 Å². The molecule has 0 saturated carbocycles. The molecule has 1 unspecified atom stereocenters. The van der Waals surface area contributed by atoms with Crippen molar-refractivity contribution in [1.82, 2.24) is 4.90 Å². The SMILES string of the molecule is CSCC1CCCN(C(=O)c2ccc(N3CCCC3=O)cc2)C1. The van der Waals surface area contributed by atoms with Crippen molar-refractivity contribution in [2.75, 3.05) is 36.5 Å². The average molecular weight is 332 g/mol. The molecule has 2 fully saturated rings. The molecule has 5 heteroatoms. The molecule has 23 heavy (non-hydrogen) atoms.